The largest absolute Gasteiger partial charge is 0.348 e. The molecule has 5 nitrogen and oxygen atoms in total. The number of fused-ring (bicyclic) bond motifs is 2. The molecule has 0 bridgehead atoms. The second-order valence-electron chi connectivity index (χ2n) is 5.56. The van der Waals surface area contributed by atoms with Crippen LogP contribution in [0.3, 0.4) is 0 Å². The van der Waals surface area contributed by atoms with E-state index in [1.807, 2.05) is 0 Å². The van der Waals surface area contributed by atoms with E-state index < -0.39 is 10.0 Å². The number of pyridine rings is 1. The molecule has 0 saturated heterocycles. The average molecular weight is 353 g/mol. The van der Waals surface area contributed by atoms with Crippen LogP contribution < -0.4 is 5.14 Å². The normalized spacial score (nSPS) is 11.3. The number of rotatable bonds is 2. The molecule has 4 rings (SSSR count). The van der Waals surface area contributed by atoms with Crippen LogP contribution in [0.5, 0.6) is 0 Å². The van der Waals surface area contributed by atoms with Crippen molar-refractivity contribution in [1.82, 2.24) is 9.55 Å². The van der Waals surface area contributed by atoms with Crippen molar-refractivity contribution in [2.75, 3.05) is 0 Å². The maximum atomic E-state index is 11.0. The number of sulfonamides is 1. The van der Waals surface area contributed by atoms with E-state index in [-0.39, 0.29) is 4.90 Å². The summed E-state index contributed by atoms with van der Waals surface area (Å²) in [6, 6.07) is 18.7. The molecular formula is C19H19N3O2S. The molecule has 2 aromatic carbocycles. The molecule has 0 amide bonds. The lowest BCUT2D eigenvalue weighted by Crippen LogP contribution is -2.11. The molecule has 25 heavy (non-hydrogen) atoms. The van der Waals surface area contributed by atoms with Crippen molar-refractivity contribution in [3.05, 3.63) is 73.1 Å². The molecule has 4 aromatic rings. The van der Waals surface area contributed by atoms with Gasteiger partial charge in [-0.25, -0.2) is 13.6 Å². The maximum absolute atomic E-state index is 11.0. The Morgan fingerprint density at radius 1 is 1.00 bits per heavy atom. The Hall–Kier alpha value is -2.70. The number of hydrogen-bond acceptors (Lipinski definition) is 3. The lowest BCUT2D eigenvalue weighted by molar-refractivity contribution is 0.598. The number of primary sulfonamides is 1. The molecular weight excluding hydrogens is 334 g/mol. The van der Waals surface area contributed by atoms with Gasteiger partial charge in [0, 0.05) is 29.8 Å². The van der Waals surface area contributed by atoms with E-state index in [0.29, 0.717) is 0 Å². The van der Waals surface area contributed by atoms with Crippen LogP contribution in [0.25, 0.3) is 21.8 Å². The third-order valence-corrected chi connectivity index (χ3v) is 4.83. The third-order valence-electron chi connectivity index (χ3n) is 3.92. The van der Waals surface area contributed by atoms with Crippen molar-refractivity contribution < 1.29 is 8.42 Å². The number of hydrogen-bond donors (Lipinski definition) is 1. The van der Waals surface area contributed by atoms with Gasteiger partial charge in [0.15, 0.2) is 0 Å². The highest BCUT2D eigenvalue weighted by Gasteiger charge is 2.07. The molecule has 0 spiro atoms. The van der Waals surface area contributed by atoms with Crippen molar-refractivity contribution in [1.29, 1.82) is 0 Å². The van der Waals surface area contributed by atoms with Gasteiger partial charge >= 0.3 is 0 Å². The molecule has 0 fully saturated rings. The van der Waals surface area contributed by atoms with E-state index in [1.165, 1.54) is 23.0 Å². The fourth-order valence-corrected chi connectivity index (χ4v) is 3.20. The maximum Gasteiger partial charge on any atom is 0.238 e. The van der Waals surface area contributed by atoms with Gasteiger partial charge in [0.05, 0.1) is 10.4 Å². The second kappa shape index (κ2) is 7.04. The molecule has 2 heterocycles. The SMILES string of the molecule is CCn1ccc2ccccc21.NS(=O)(=O)c1ccc2ncccc2c1. The minimum atomic E-state index is -3.62. The van der Waals surface area contributed by atoms with Crippen LogP contribution in [0.1, 0.15) is 6.92 Å². The molecule has 0 aliphatic carbocycles. The van der Waals surface area contributed by atoms with E-state index in [2.05, 4.69) is 53.0 Å². The first-order valence-corrected chi connectivity index (χ1v) is 9.45. The number of para-hydroxylation sites is 1. The summed E-state index contributed by atoms with van der Waals surface area (Å²) in [7, 11) is -3.62. The Morgan fingerprint density at radius 3 is 2.52 bits per heavy atom. The zero-order valence-electron chi connectivity index (χ0n) is 13.8. The highest BCUT2D eigenvalue weighted by Crippen LogP contribution is 2.16. The van der Waals surface area contributed by atoms with Crippen molar-refractivity contribution in [3.63, 3.8) is 0 Å². The molecule has 6 heteroatoms. The molecule has 0 aliphatic heterocycles. The van der Waals surface area contributed by atoms with Gasteiger partial charge in [-0.2, -0.15) is 0 Å². The first-order chi connectivity index (χ1) is 12.0. The van der Waals surface area contributed by atoms with Crippen LogP contribution in [0, 0.1) is 0 Å². The lowest BCUT2D eigenvalue weighted by Gasteiger charge is -1.99. The van der Waals surface area contributed by atoms with E-state index in [1.54, 1.807) is 24.4 Å². The van der Waals surface area contributed by atoms with Gasteiger partial charge in [-0.1, -0.05) is 24.3 Å². The summed E-state index contributed by atoms with van der Waals surface area (Å²) >= 11 is 0. The van der Waals surface area contributed by atoms with Gasteiger partial charge in [0.2, 0.25) is 10.0 Å². The quantitative estimate of drug-likeness (QED) is 0.599. The summed E-state index contributed by atoms with van der Waals surface area (Å²) in [6.45, 7) is 3.21. The van der Waals surface area contributed by atoms with Gasteiger partial charge in [-0.05, 0) is 48.7 Å². The summed E-state index contributed by atoms with van der Waals surface area (Å²) < 4.78 is 24.3. The fraction of sp³-hybridized carbons (Fsp3) is 0.105. The molecule has 0 saturated carbocycles. The Labute approximate surface area is 146 Å². The van der Waals surface area contributed by atoms with E-state index in [4.69, 9.17) is 5.14 Å². The smallest absolute Gasteiger partial charge is 0.238 e. The Bertz CT molecular complexity index is 1120. The summed E-state index contributed by atoms with van der Waals surface area (Å²) in [5, 5.41) is 7.09. The summed E-state index contributed by atoms with van der Waals surface area (Å²) in [6.07, 6.45) is 3.78. The van der Waals surface area contributed by atoms with Crippen LogP contribution in [0.4, 0.5) is 0 Å². The standard InChI is InChI=1S/C10H11N.C9H8N2O2S/c1-2-11-8-7-9-5-3-4-6-10(9)11;10-14(12,13)8-3-4-9-7(6-8)2-1-5-11-9/h3-8H,2H2,1H3;1-6H,(H2,10,12,13). The van der Waals surface area contributed by atoms with Gasteiger partial charge in [0.1, 0.15) is 0 Å². The highest BCUT2D eigenvalue weighted by molar-refractivity contribution is 7.89. The zero-order valence-corrected chi connectivity index (χ0v) is 14.6. The number of aromatic nitrogens is 2. The number of nitrogens with zero attached hydrogens (tertiary/aromatic N) is 2. The van der Waals surface area contributed by atoms with Gasteiger partial charge < -0.3 is 4.57 Å². The minimum Gasteiger partial charge on any atom is -0.348 e. The van der Waals surface area contributed by atoms with Crippen LogP contribution in [0.15, 0.2) is 78.0 Å². The van der Waals surface area contributed by atoms with E-state index >= 15 is 0 Å². The first-order valence-electron chi connectivity index (χ1n) is 7.90. The molecule has 0 radical (unpaired) electrons. The molecule has 0 aliphatic rings. The van der Waals surface area contributed by atoms with Crippen LogP contribution in [-0.2, 0) is 16.6 Å². The number of nitrogens with two attached hydrogens (primary N) is 1. The van der Waals surface area contributed by atoms with Crippen LogP contribution >= 0.6 is 0 Å². The van der Waals surface area contributed by atoms with Crippen LogP contribution in [0.2, 0.25) is 0 Å². The third kappa shape index (κ3) is 3.87. The summed E-state index contributed by atoms with van der Waals surface area (Å²) in [5.41, 5.74) is 2.08. The Kier molecular flexibility index (Phi) is 4.83. The lowest BCUT2D eigenvalue weighted by atomic mass is 10.2. The van der Waals surface area contributed by atoms with Crippen molar-refractivity contribution in [2.24, 2.45) is 5.14 Å². The predicted molar refractivity (Wildman–Crippen MR) is 101 cm³/mol. The van der Waals surface area contributed by atoms with Crippen LogP contribution in [-0.4, -0.2) is 18.0 Å². The van der Waals surface area contributed by atoms with Crippen molar-refractivity contribution in [2.45, 2.75) is 18.4 Å². The molecule has 128 valence electrons. The minimum absolute atomic E-state index is 0.109. The number of aryl methyl sites for hydroxylation is 1. The summed E-state index contributed by atoms with van der Waals surface area (Å²) in [5.74, 6) is 0. The molecule has 2 N–H and O–H groups in total. The topological polar surface area (TPSA) is 78.0 Å². The summed E-state index contributed by atoms with van der Waals surface area (Å²) in [4.78, 5) is 4.18. The van der Waals surface area contributed by atoms with E-state index in [9.17, 15) is 8.42 Å². The predicted octanol–water partition coefficient (Wildman–Crippen LogP) is 3.54. The Balaban J connectivity index is 0.000000150. The second-order valence-corrected chi connectivity index (χ2v) is 7.12. The fourth-order valence-electron chi connectivity index (χ4n) is 2.65. The highest BCUT2D eigenvalue weighted by atomic mass is 32.2. The van der Waals surface area contributed by atoms with E-state index in [0.717, 1.165) is 17.4 Å². The van der Waals surface area contributed by atoms with Crippen molar-refractivity contribution in [3.8, 4) is 0 Å². The van der Waals surface area contributed by atoms with Gasteiger partial charge in [0.25, 0.3) is 0 Å². The Morgan fingerprint density at radius 2 is 1.76 bits per heavy atom. The molecule has 0 unspecified atom stereocenters. The molecule has 2 aromatic heterocycles. The zero-order chi connectivity index (χ0) is 17.9. The van der Waals surface area contributed by atoms with Crippen molar-refractivity contribution >= 4 is 31.8 Å². The average Bonchev–Trinajstić information content (AvgIpc) is 3.04. The first kappa shape index (κ1) is 17.1. The van der Waals surface area contributed by atoms with Gasteiger partial charge in [-0.15, -0.1) is 0 Å². The monoisotopic (exact) mass is 353 g/mol. The number of benzene rings is 2. The van der Waals surface area contributed by atoms with Gasteiger partial charge in [-0.3, -0.25) is 4.98 Å². The molecule has 0 atom stereocenters.